The van der Waals surface area contributed by atoms with E-state index in [2.05, 4.69) is 37.3 Å². The monoisotopic (exact) mass is 541 g/mol. The molecule has 2 aromatic carbocycles. The van der Waals surface area contributed by atoms with Crippen LogP contribution >= 0.6 is 15.9 Å². The third-order valence-corrected chi connectivity index (χ3v) is 5.54. The molecule has 1 heterocycles. The van der Waals surface area contributed by atoms with Gasteiger partial charge in [-0.05, 0) is 55.7 Å². The molecule has 0 N–H and O–H groups in total. The van der Waals surface area contributed by atoms with E-state index in [0.29, 0.717) is 53.2 Å². The number of carbonyl (C=O) groups excluding carboxylic acids is 1. The smallest absolute Gasteiger partial charge is 0.343 e. The molecule has 0 aliphatic carbocycles. The van der Waals surface area contributed by atoms with Gasteiger partial charge in [-0.25, -0.2) is 9.78 Å². The zero-order valence-electron chi connectivity index (χ0n) is 20.0. The number of methoxy groups -OCH3 is 1. The molecule has 8 nitrogen and oxygen atoms in total. The van der Waals surface area contributed by atoms with Gasteiger partial charge in [-0.3, -0.25) is 4.79 Å². The molecule has 0 amide bonds. The molecule has 0 saturated carbocycles. The Balaban J connectivity index is 2.09. The fraction of sp³-hybridized carbons (Fsp3) is 0.308. The van der Waals surface area contributed by atoms with Crippen LogP contribution in [0.2, 0.25) is 0 Å². The van der Waals surface area contributed by atoms with Crippen molar-refractivity contribution in [2.75, 3.05) is 20.3 Å². The predicted octanol–water partition coefficient (Wildman–Crippen LogP) is 4.67. The molecule has 3 rings (SSSR count). The van der Waals surface area contributed by atoms with Gasteiger partial charge < -0.3 is 14.2 Å². The maximum atomic E-state index is 13.3. The van der Waals surface area contributed by atoms with Crippen LogP contribution < -0.4 is 15.0 Å². The maximum absolute atomic E-state index is 13.3. The maximum Gasteiger partial charge on any atom is 0.343 e. The van der Waals surface area contributed by atoms with Gasteiger partial charge in [-0.2, -0.15) is 9.78 Å². The van der Waals surface area contributed by atoms with Crippen molar-refractivity contribution in [3.05, 3.63) is 74.8 Å². The lowest BCUT2D eigenvalue weighted by atomic mass is 10.1. The Morgan fingerprint density at radius 1 is 1.23 bits per heavy atom. The van der Waals surface area contributed by atoms with Crippen LogP contribution in [0.3, 0.4) is 0 Å². The standard InChI is InChI=1S/C26H28BrN3O5/c1-5-8-18-12-17(13-22(34-7-3)25(18)35-16-24(31)33-4)15-28-30-23(9-6-2)29-21-11-10-19(27)14-20(21)26(30)32/h5,10-15H,1,6-9,16H2,2-4H3. The highest BCUT2D eigenvalue weighted by Crippen LogP contribution is 2.33. The number of aryl methyl sites for hydroxylation is 1. The van der Waals surface area contributed by atoms with Crippen molar-refractivity contribution in [1.29, 1.82) is 0 Å². The van der Waals surface area contributed by atoms with E-state index in [9.17, 15) is 9.59 Å². The molecule has 0 aliphatic rings. The normalized spacial score (nSPS) is 11.1. The third kappa shape index (κ3) is 6.36. The molecule has 0 spiro atoms. The lowest BCUT2D eigenvalue weighted by molar-refractivity contribution is -0.142. The Hall–Kier alpha value is -3.46. The molecule has 184 valence electrons. The van der Waals surface area contributed by atoms with Crippen molar-refractivity contribution in [3.63, 3.8) is 0 Å². The van der Waals surface area contributed by atoms with Gasteiger partial charge in [0.15, 0.2) is 18.1 Å². The SMILES string of the molecule is C=CCc1cc(C=Nn2c(CCC)nc3ccc(Br)cc3c2=O)cc(OCC)c1OCC(=O)OC. The summed E-state index contributed by atoms with van der Waals surface area (Å²) in [7, 11) is 1.30. The highest BCUT2D eigenvalue weighted by molar-refractivity contribution is 9.10. The Labute approximate surface area is 212 Å². The zero-order valence-corrected chi connectivity index (χ0v) is 21.6. The summed E-state index contributed by atoms with van der Waals surface area (Å²) < 4.78 is 18.3. The summed E-state index contributed by atoms with van der Waals surface area (Å²) in [4.78, 5) is 29.5. The fourth-order valence-electron chi connectivity index (χ4n) is 3.51. The van der Waals surface area contributed by atoms with Gasteiger partial charge in [0.2, 0.25) is 0 Å². The third-order valence-electron chi connectivity index (χ3n) is 5.05. The molecule has 0 bridgehead atoms. The zero-order chi connectivity index (χ0) is 25.4. The van der Waals surface area contributed by atoms with E-state index in [-0.39, 0.29) is 12.2 Å². The number of aromatic nitrogens is 2. The molecule has 0 fully saturated rings. The van der Waals surface area contributed by atoms with Crippen LogP contribution in [-0.2, 0) is 22.4 Å². The van der Waals surface area contributed by atoms with Gasteiger partial charge >= 0.3 is 5.97 Å². The van der Waals surface area contributed by atoms with E-state index >= 15 is 0 Å². The summed E-state index contributed by atoms with van der Waals surface area (Å²) in [5.74, 6) is 0.980. The molecule has 0 radical (unpaired) electrons. The van der Waals surface area contributed by atoms with Crippen molar-refractivity contribution in [1.82, 2.24) is 9.66 Å². The first-order valence-corrected chi connectivity index (χ1v) is 12.1. The molecular weight excluding hydrogens is 514 g/mol. The average molecular weight is 542 g/mol. The molecular formula is C26H28BrN3O5. The number of ether oxygens (including phenoxy) is 3. The molecule has 1 aromatic heterocycles. The number of benzene rings is 2. The Morgan fingerprint density at radius 2 is 2.03 bits per heavy atom. The van der Waals surface area contributed by atoms with Crippen LogP contribution in [0.5, 0.6) is 11.5 Å². The van der Waals surface area contributed by atoms with Crippen molar-refractivity contribution < 1.29 is 19.0 Å². The first-order chi connectivity index (χ1) is 16.9. The van der Waals surface area contributed by atoms with Crippen molar-refractivity contribution in [2.45, 2.75) is 33.1 Å². The minimum absolute atomic E-state index is 0.245. The van der Waals surface area contributed by atoms with Crippen LogP contribution in [-0.4, -0.2) is 42.2 Å². The summed E-state index contributed by atoms with van der Waals surface area (Å²) in [6.45, 7) is 7.83. The number of hydrogen-bond acceptors (Lipinski definition) is 7. The van der Waals surface area contributed by atoms with Crippen LogP contribution in [0.25, 0.3) is 10.9 Å². The fourth-order valence-corrected chi connectivity index (χ4v) is 3.87. The van der Waals surface area contributed by atoms with E-state index in [1.807, 2.05) is 32.0 Å². The number of carbonyl (C=O) groups is 1. The summed E-state index contributed by atoms with van der Waals surface area (Å²) in [6.07, 6.45) is 5.21. The number of rotatable bonds is 11. The van der Waals surface area contributed by atoms with Gasteiger partial charge in [0.05, 0.1) is 30.8 Å². The van der Waals surface area contributed by atoms with E-state index in [1.54, 1.807) is 24.4 Å². The largest absolute Gasteiger partial charge is 0.490 e. The molecule has 0 saturated heterocycles. The summed E-state index contributed by atoms with van der Waals surface area (Å²) in [5.41, 5.74) is 1.84. The number of hydrogen-bond donors (Lipinski definition) is 0. The number of fused-ring (bicyclic) bond motifs is 1. The molecule has 9 heteroatoms. The molecule has 35 heavy (non-hydrogen) atoms. The molecule has 0 atom stereocenters. The van der Waals surface area contributed by atoms with Crippen LogP contribution in [0, 0.1) is 0 Å². The number of esters is 1. The van der Waals surface area contributed by atoms with Crippen molar-refractivity contribution >= 4 is 39.0 Å². The van der Waals surface area contributed by atoms with Crippen LogP contribution in [0.1, 0.15) is 37.2 Å². The molecule has 0 aliphatic heterocycles. The second kappa shape index (κ2) is 12.3. The number of allylic oxidation sites excluding steroid dienone is 1. The number of halogens is 1. The Morgan fingerprint density at radius 3 is 2.71 bits per heavy atom. The highest BCUT2D eigenvalue weighted by atomic mass is 79.9. The van der Waals surface area contributed by atoms with Gasteiger partial charge in [0.1, 0.15) is 5.82 Å². The van der Waals surface area contributed by atoms with Crippen LogP contribution in [0.4, 0.5) is 0 Å². The summed E-state index contributed by atoms with van der Waals surface area (Å²) in [6, 6.07) is 9.03. The predicted molar refractivity (Wildman–Crippen MR) is 140 cm³/mol. The minimum atomic E-state index is -0.499. The highest BCUT2D eigenvalue weighted by Gasteiger charge is 2.15. The summed E-state index contributed by atoms with van der Waals surface area (Å²) >= 11 is 3.42. The minimum Gasteiger partial charge on any atom is -0.490 e. The lowest BCUT2D eigenvalue weighted by Gasteiger charge is -2.16. The summed E-state index contributed by atoms with van der Waals surface area (Å²) in [5, 5.41) is 4.98. The van der Waals surface area contributed by atoms with E-state index in [0.717, 1.165) is 16.5 Å². The topological polar surface area (TPSA) is 92.0 Å². The van der Waals surface area contributed by atoms with E-state index < -0.39 is 5.97 Å². The number of nitrogens with zero attached hydrogens (tertiary/aromatic N) is 3. The van der Waals surface area contributed by atoms with Gasteiger partial charge in [0.25, 0.3) is 5.56 Å². The first kappa shape index (κ1) is 26.2. The quantitative estimate of drug-likeness (QED) is 0.199. The van der Waals surface area contributed by atoms with Crippen molar-refractivity contribution in [3.8, 4) is 11.5 Å². The Bertz CT molecular complexity index is 1320. The second-order valence-corrected chi connectivity index (χ2v) is 8.51. The van der Waals surface area contributed by atoms with Gasteiger partial charge in [-0.15, -0.1) is 6.58 Å². The second-order valence-electron chi connectivity index (χ2n) is 7.60. The lowest BCUT2D eigenvalue weighted by Crippen LogP contribution is -2.22. The average Bonchev–Trinajstić information content (AvgIpc) is 2.84. The Kier molecular flexibility index (Phi) is 9.19. The van der Waals surface area contributed by atoms with Gasteiger partial charge in [0, 0.05) is 16.5 Å². The molecule has 3 aromatic rings. The first-order valence-electron chi connectivity index (χ1n) is 11.3. The van der Waals surface area contributed by atoms with E-state index in [4.69, 9.17) is 9.47 Å². The van der Waals surface area contributed by atoms with Crippen molar-refractivity contribution in [2.24, 2.45) is 5.10 Å². The van der Waals surface area contributed by atoms with Crippen LogP contribution in [0.15, 0.2) is 57.4 Å². The molecule has 0 unspecified atom stereocenters. The van der Waals surface area contributed by atoms with Gasteiger partial charge in [-0.1, -0.05) is 28.9 Å². The van der Waals surface area contributed by atoms with E-state index in [1.165, 1.54) is 11.8 Å².